The van der Waals surface area contributed by atoms with Crippen molar-refractivity contribution in [3.05, 3.63) is 34.4 Å². The first kappa shape index (κ1) is 24.1. The third kappa shape index (κ3) is 4.42. The third-order valence-electron chi connectivity index (χ3n) is 3.55. The van der Waals surface area contributed by atoms with Gasteiger partial charge in [0.15, 0.2) is 17.1 Å². The summed E-state index contributed by atoms with van der Waals surface area (Å²) in [5, 5.41) is 3.59. The Morgan fingerprint density at radius 3 is 2.33 bits per heavy atom. The molecule has 0 atom stereocenters. The minimum absolute atomic E-state index is 0. The van der Waals surface area contributed by atoms with Crippen LogP contribution in [0.25, 0.3) is 21.9 Å². The van der Waals surface area contributed by atoms with E-state index in [1.54, 1.807) is 25.1 Å². The summed E-state index contributed by atoms with van der Waals surface area (Å²) >= 11 is 0. The van der Waals surface area contributed by atoms with Gasteiger partial charge in [-0.2, -0.15) is 0 Å². The Morgan fingerprint density at radius 1 is 1.11 bits per heavy atom. The van der Waals surface area contributed by atoms with Gasteiger partial charge in [-0.25, -0.2) is 9.97 Å². The second-order valence-corrected chi connectivity index (χ2v) is 5.03. The molecule has 11 heteroatoms. The maximum atomic E-state index is 12.3. The summed E-state index contributed by atoms with van der Waals surface area (Å²) in [6.07, 6.45) is 0. The number of halogens is 1. The van der Waals surface area contributed by atoms with Crippen LogP contribution in [0.4, 0.5) is 0 Å². The predicted molar refractivity (Wildman–Crippen MR) is 103 cm³/mol. The molecule has 1 aromatic carbocycles. The van der Waals surface area contributed by atoms with Crippen molar-refractivity contribution in [3.8, 4) is 11.5 Å². The topological polar surface area (TPSA) is 169 Å². The van der Waals surface area contributed by atoms with Crippen LogP contribution in [0.1, 0.15) is 17.5 Å². The van der Waals surface area contributed by atoms with E-state index in [9.17, 15) is 9.59 Å². The number of nitrogens with one attached hydrogen (secondary N) is 2. The van der Waals surface area contributed by atoms with Crippen LogP contribution < -0.4 is 20.3 Å². The van der Waals surface area contributed by atoms with E-state index in [-0.39, 0.29) is 34.8 Å². The van der Waals surface area contributed by atoms with Crippen molar-refractivity contribution in [1.29, 1.82) is 0 Å². The van der Waals surface area contributed by atoms with Crippen LogP contribution in [0.2, 0.25) is 0 Å². The molecular weight excluding hydrogens is 380 g/mol. The Morgan fingerprint density at radius 2 is 1.74 bits per heavy atom. The molecule has 6 N–H and O–H groups in total. The smallest absolute Gasteiger partial charge is 0.287 e. The predicted octanol–water partition coefficient (Wildman–Crippen LogP) is 0.0106. The monoisotopic (exact) mass is 400 g/mol. The molecule has 0 bridgehead atoms. The number of nitrogens with zero attached hydrogens (tertiary/aromatic N) is 2. The highest BCUT2D eigenvalue weighted by Crippen LogP contribution is 2.32. The number of pyridine rings is 1. The molecule has 10 nitrogen and oxygen atoms in total. The van der Waals surface area contributed by atoms with Gasteiger partial charge >= 0.3 is 0 Å². The molecule has 0 radical (unpaired) electrons. The molecule has 27 heavy (non-hydrogen) atoms. The first-order valence-corrected chi connectivity index (χ1v) is 7.32. The Kier molecular flexibility index (Phi) is 8.61. The second-order valence-electron chi connectivity index (χ2n) is 5.03. The summed E-state index contributed by atoms with van der Waals surface area (Å²) < 4.78 is 10.5. The van der Waals surface area contributed by atoms with Gasteiger partial charge in [-0.05, 0) is 19.1 Å². The Hall–Kier alpha value is -2.95. The number of hydrogen-bond donors (Lipinski definition) is 2. The summed E-state index contributed by atoms with van der Waals surface area (Å²) in [6.45, 7) is 2.21. The standard InChI is InChI=1S/C16H16N4O4.ClH.2H2O/c1-4-17-16(22)14-19-13-9(15(21)20-14)5-8-6-11(23-2)12(24-3)7-10(8)18-13;;;/h5-7H,4H2,1-3H3,(H,17,22)(H,18,19,20,21);1H;2*1H2. The van der Waals surface area contributed by atoms with Crippen molar-refractivity contribution in [1.82, 2.24) is 20.3 Å². The Bertz CT molecular complexity index is 1010. The molecule has 0 fully saturated rings. The maximum Gasteiger partial charge on any atom is 0.287 e. The number of ether oxygens (including phenoxy) is 2. The minimum Gasteiger partial charge on any atom is -0.493 e. The number of aromatic amines is 1. The molecule has 0 spiro atoms. The number of rotatable bonds is 4. The molecular formula is C16H21ClN4O6. The number of H-pyrrole nitrogens is 1. The zero-order chi connectivity index (χ0) is 17.3. The van der Waals surface area contributed by atoms with E-state index >= 15 is 0 Å². The lowest BCUT2D eigenvalue weighted by Gasteiger charge is -2.09. The van der Waals surface area contributed by atoms with Gasteiger partial charge in [-0.15, -0.1) is 12.4 Å². The number of amides is 1. The van der Waals surface area contributed by atoms with E-state index in [0.29, 0.717) is 34.3 Å². The fraction of sp³-hybridized carbons (Fsp3) is 0.250. The van der Waals surface area contributed by atoms with Gasteiger partial charge < -0.3 is 30.7 Å². The maximum absolute atomic E-state index is 12.3. The molecule has 0 unspecified atom stereocenters. The first-order chi connectivity index (χ1) is 11.6. The molecule has 2 heterocycles. The van der Waals surface area contributed by atoms with E-state index in [2.05, 4.69) is 20.3 Å². The van der Waals surface area contributed by atoms with Crippen molar-refractivity contribution in [2.24, 2.45) is 0 Å². The number of benzene rings is 1. The van der Waals surface area contributed by atoms with Gasteiger partial charge in [0.1, 0.15) is 0 Å². The highest BCUT2D eigenvalue weighted by molar-refractivity contribution is 5.95. The second kappa shape index (κ2) is 9.67. The first-order valence-electron chi connectivity index (χ1n) is 7.32. The van der Waals surface area contributed by atoms with Crippen molar-refractivity contribution >= 4 is 40.3 Å². The molecule has 1 amide bonds. The van der Waals surface area contributed by atoms with Gasteiger partial charge in [-0.1, -0.05) is 0 Å². The summed E-state index contributed by atoms with van der Waals surface area (Å²) in [5.41, 5.74) is 0.352. The van der Waals surface area contributed by atoms with Crippen molar-refractivity contribution in [3.63, 3.8) is 0 Å². The summed E-state index contributed by atoms with van der Waals surface area (Å²) in [6, 6.07) is 5.09. The summed E-state index contributed by atoms with van der Waals surface area (Å²) in [5.74, 6) is 0.535. The number of methoxy groups -OCH3 is 2. The van der Waals surface area contributed by atoms with E-state index in [0.717, 1.165) is 0 Å². The van der Waals surface area contributed by atoms with Crippen molar-refractivity contribution in [2.45, 2.75) is 6.92 Å². The summed E-state index contributed by atoms with van der Waals surface area (Å²) in [4.78, 5) is 35.1. The average molecular weight is 401 g/mol. The summed E-state index contributed by atoms with van der Waals surface area (Å²) in [7, 11) is 3.06. The number of fused-ring (bicyclic) bond motifs is 2. The zero-order valence-corrected chi connectivity index (χ0v) is 15.7. The van der Waals surface area contributed by atoms with Gasteiger partial charge in [-0.3, -0.25) is 9.59 Å². The van der Waals surface area contributed by atoms with E-state index in [4.69, 9.17) is 9.47 Å². The van der Waals surface area contributed by atoms with Crippen LogP contribution in [0.5, 0.6) is 11.5 Å². The van der Waals surface area contributed by atoms with Crippen LogP contribution in [0.15, 0.2) is 23.0 Å². The van der Waals surface area contributed by atoms with Crippen LogP contribution in [0.3, 0.4) is 0 Å². The normalized spacial score (nSPS) is 9.59. The van der Waals surface area contributed by atoms with Crippen LogP contribution in [0, 0.1) is 0 Å². The van der Waals surface area contributed by atoms with Gasteiger partial charge in [0, 0.05) is 18.0 Å². The number of hydrogen-bond acceptors (Lipinski definition) is 6. The lowest BCUT2D eigenvalue weighted by molar-refractivity contribution is 0.0945. The van der Waals surface area contributed by atoms with Crippen molar-refractivity contribution in [2.75, 3.05) is 20.8 Å². The third-order valence-corrected chi connectivity index (χ3v) is 3.55. The zero-order valence-electron chi connectivity index (χ0n) is 14.9. The van der Waals surface area contributed by atoms with E-state index in [1.807, 2.05) is 0 Å². The fourth-order valence-electron chi connectivity index (χ4n) is 2.40. The molecule has 0 aliphatic heterocycles. The molecule has 0 saturated carbocycles. The quantitative estimate of drug-likeness (QED) is 0.584. The Labute approximate surface area is 159 Å². The number of carbonyl (C=O) groups is 1. The number of carbonyl (C=O) groups excluding carboxylic acids is 1. The van der Waals surface area contributed by atoms with Crippen LogP contribution in [-0.4, -0.2) is 52.6 Å². The molecule has 0 aliphatic rings. The van der Waals surface area contributed by atoms with Gasteiger partial charge in [0.2, 0.25) is 5.82 Å². The van der Waals surface area contributed by atoms with E-state index in [1.165, 1.54) is 14.2 Å². The Balaban J connectivity index is 0.00000225. The molecule has 0 saturated heterocycles. The lowest BCUT2D eigenvalue weighted by Crippen LogP contribution is -2.27. The molecule has 3 aromatic rings. The van der Waals surface area contributed by atoms with Crippen LogP contribution in [-0.2, 0) is 0 Å². The fourth-order valence-corrected chi connectivity index (χ4v) is 2.40. The molecule has 0 aliphatic carbocycles. The highest BCUT2D eigenvalue weighted by Gasteiger charge is 2.14. The van der Waals surface area contributed by atoms with Crippen molar-refractivity contribution < 1.29 is 25.2 Å². The largest absolute Gasteiger partial charge is 0.493 e. The van der Waals surface area contributed by atoms with Crippen LogP contribution >= 0.6 is 12.4 Å². The average Bonchev–Trinajstić information content (AvgIpc) is 2.59. The molecule has 2 aromatic heterocycles. The highest BCUT2D eigenvalue weighted by atomic mass is 35.5. The minimum atomic E-state index is -0.453. The molecule has 148 valence electrons. The SMILES string of the molecule is CCNC(=O)c1nc2nc3cc(OC)c(OC)cc3cc2c(=O)[nH]1.Cl.O.O. The molecule has 3 rings (SSSR count). The lowest BCUT2D eigenvalue weighted by atomic mass is 10.1. The van der Waals surface area contributed by atoms with Gasteiger partial charge in [0.05, 0.1) is 25.1 Å². The van der Waals surface area contributed by atoms with E-state index < -0.39 is 11.5 Å². The number of aromatic nitrogens is 3. The van der Waals surface area contributed by atoms with Gasteiger partial charge in [0.25, 0.3) is 11.5 Å².